The number of hydrogen-bond donors (Lipinski definition) is 1. The number of fused-ring (bicyclic) bond motifs is 1. The fourth-order valence-corrected chi connectivity index (χ4v) is 3.44. The molecule has 2 unspecified atom stereocenters. The Kier molecular flexibility index (Phi) is 3.66. The number of benzene rings is 1. The van der Waals surface area contributed by atoms with Crippen LogP contribution in [0.25, 0.3) is 0 Å². The minimum Gasteiger partial charge on any atom is -0.496 e. The lowest BCUT2D eigenvalue weighted by Crippen LogP contribution is -2.48. The van der Waals surface area contributed by atoms with Crippen molar-refractivity contribution in [3.63, 3.8) is 0 Å². The summed E-state index contributed by atoms with van der Waals surface area (Å²) in [7, 11) is 1.65. The molecule has 4 nitrogen and oxygen atoms in total. The second-order valence-electron chi connectivity index (χ2n) is 5.81. The van der Waals surface area contributed by atoms with Gasteiger partial charge in [0.15, 0.2) is 0 Å². The molecule has 108 valence electrons. The third-order valence-corrected chi connectivity index (χ3v) is 4.59. The summed E-state index contributed by atoms with van der Waals surface area (Å²) in [5, 5.41) is 3.41. The first kappa shape index (κ1) is 13.4. The fraction of sp³-hybridized carbons (Fsp3) is 0.562. The van der Waals surface area contributed by atoms with Crippen LogP contribution in [-0.4, -0.2) is 43.6 Å². The van der Waals surface area contributed by atoms with Gasteiger partial charge in [0, 0.05) is 31.2 Å². The van der Waals surface area contributed by atoms with Crippen molar-refractivity contribution >= 4 is 5.91 Å². The maximum Gasteiger partial charge on any atom is 0.254 e. The zero-order chi connectivity index (χ0) is 14.1. The number of likely N-dealkylation sites (tertiary alicyclic amines) is 1. The molecule has 0 radical (unpaired) electrons. The Hall–Kier alpha value is -1.55. The molecule has 2 saturated heterocycles. The summed E-state index contributed by atoms with van der Waals surface area (Å²) in [6, 6.07) is 6.10. The van der Waals surface area contributed by atoms with Gasteiger partial charge >= 0.3 is 0 Å². The molecule has 0 bridgehead atoms. The van der Waals surface area contributed by atoms with E-state index in [1.807, 2.05) is 25.1 Å². The van der Waals surface area contributed by atoms with Crippen LogP contribution < -0.4 is 10.1 Å². The lowest BCUT2D eigenvalue weighted by Gasteiger charge is -2.37. The molecule has 0 spiro atoms. The minimum absolute atomic E-state index is 0.140. The molecule has 2 fully saturated rings. The van der Waals surface area contributed by atoms with Gasteiger partial charge in [-0.1, -0.05) is 6.07 Å². The normalized spacial score (nSPS) is 25.4. The molecule has 20 heavy (non-hydrogen) atoms. The Morgan fingerprint density at radius 1 is 1.40 bits per heavy atom. The number of nitrogens with zero attached hydrogens (tertiary/aromatic N) is 1. The summed E-state index contributed by atoms with van der Waals surface area (Å²) in [6.45, 7) is 4.84. The van der Waals surface area contributed by atoms with Crippen LogP contribution in [-0.2, 0) is 0 Å². The zero-order valence-electron chi connectivity index (χ0n) is 12.2. The minimum atomic E-state index is 0.140. The molecule has 1 aromatic carbocycles. The van der Waals surface area contributed by atoms with Crippen LogP contribution in [0, 0.1) is 12.8 Å². The molecule has 2 heterocycles. The van der Waals surface area contributed by atoms with Gasteiger partial charge in [-0.3, -0.25) is 4.79 Å². The van der Waals surface area contributed by atoms with E-state index < -0.39 is 0 Å². The largest absolute Gasteiger partial charge is 0.496 e. The van der Waals surface area contributed by atoms with Crippen LogP contribution in [0.3, 0.4) is 0 Å². The topological polar surface area (TPSA) is 41.6 Å². The van der Waals surface area contributed by atoms with E-state index in [9.17, 15) is 4.79 Å². The van der Waals surface area contributed by atoms with E-state index in [1.54, 1.807) is 7.11 Å². The van der Waals surface area contributed by atoms with Crippen molar-refractivity contribution in [2.24, 2.45) is 5.92 Å². The average Bonchev–Trinajstić information content (AvgIpc) is 2.95. The van der Waals surface area contributed by atoms with E-state index in [1.165, 1.54) is 6.42 Å². The van der Waals surface area contributed by atoms with Gasteiger partial charge in [-0.25, -0.2) is 0 Å². The van der Waals surface area contributed by atoms with Crippen molar-refractivity contribution in [3.8, 4) is 5.75 Å². The van der Waals surface area contributed by atoms with Crippen molar-refractivity contribution in [3.05, 3.63) is 29.3 Å². The van der Waals surface area contributed by atoms with Crippen LogP contribution in [0.1, 0.15) is 28.8 Å². The Balaban J connectivity index is 1.84. The average molecular weight is 274 g/mol. The molecule has 1 amide bonds. The highest BCUT2D eigenvalue weighted by atomic mass is 16.5. The van der Waals surface area contributed by atoms with Gasteiger partial charge < -0.3 is 15.0 Å². The molecule has 1 aromatic rings. The molecule has 2 aliphatic heterocycles. The van der Waals surface area contributed by atoms with Crippen molar-refractivity contribution in [1.29, 1.82) is 0 Å². The Morgan fingerprint density at radius 3 is 3.05 bits per heavy atom. The molecule has 0 aliphatic carbocycles. The quantitative estimate of drug-likeness (QED) is 0.894. The maximum absolute atomic E-state index is 12.8. The van der Waals surface area contributed by atoms with E-state index in [4.69, 9.17) is 4.74 Å². The molecular weight excluding hydrogens is 252 g/mol. The number of amides is 1. The molecular formula is C16H22N2O2. The highest BCUT2D eigenvalue weighted by Gasteiger charge is 2.37. The molecule has 0 saturated carbocycles. The first-order valence-electron chi connectivity index (χ1n) is 7.37. The van der Waals surface area contributed by atoms with Crippen molar-refractivity contribution in [1.82, 2.24) is 10.2 Å². The maximum atomic E-state index is 12.8. The molecule has 1 N–H and O–H groups in total. The van der Waals surface area contributed by atoms with E-state index in [0.717, 1.165) is 42.9 Å². The third-order valence-electron chi connectivity index (χ3n) is 4.59. The van der Waals surface area contributed by atoms with E-state index >= 15 is 0 Å². The van der Waals surface area contributed by atoms with Gasteiger partial charge in [-0.05, 0) is 43.4 Å². The second kappa shape index (κ2) is 5.44. The molecule has 4 heteroatoms. The summed E-state index contributed by atoms with van der Waals surface area (Å²) in [4.78, 5) is 14.8. The predicted molar refractivity (Wildman–Crippen MR) is 78.1 cm³/mol. The van der Waals surface area contributed by atoms with Crippen molar-refractivity contribution in [2.75, 3.05) is 26.7 Å². The van der Waals surface area contributed by atoms with E-state index in [0.29, 0.717) is 12.0 Å². The highest BCUT2D eigenvalue weighted by Crippen LogP contribution is 2.28. The predicted octanol–water partition coefficient (Wildman–Crippen LogP) is 1.83. The fourth-order valence-electron chi connectivity index (χ4n) is 3.44. The number of methoxy groups -OCH3 is 1. The second-order valence-corrected chi connectivity index (χ2v) is 5.81. The SMILES string of the molecule is COc1cc(C(=O)N2CCCC3CNCC32)ccc1C. The molecule has 3 rings (SSSR count). The molecule has 2 aliphatic rings. The summed E-state index contributed by atoms with van der Waals surface area (Å²) >= 11 is 0. The zero-order valence-corrected chi connectivity index (χ0v) is 12.2. The molecule has 0 aromatic heterocycles. The van der Waals surface area contributed by atoms with E-state index in [2.05, 4.69) is 10.2 Å². The van der Waals surface area contributed by atoms with E-state index in [-0.39, 0.29) is 5.91 Å². The van der Waals surface area contributed by atoms with Crippen LogP contribution in [0.15, 0.2) is 18.2 Å². The number of ether oxygens (including phenoxy) is 1. The van der Waals surface area contributed by atoms with Gasteiger partial charge in [0.25, 0.3) is 5.91 Å². The lowest BCUT2D eigenvalue weighted by atomic mass is 9.91. The standard InChI is InChI=1S/C16H22N2O2/c1-11-5-6-12(8-15(11)20-2)16(19)18-7-3-4-13-9-17-10-14(13)18/h5-6,8,13-14,17H,3-4,7,9-10H2,1-2H3. The summed E-state index contributed by atoms with van der Waals surface area (Å²) < 4.78 is 5.33. The molecule has 2 atom stereocenters. The number of carbonyl (C=O) groups excluding carboxylic acids is 1. The number of carbonyl (C=O) groups is 1. The lowest BCUT2D eigenvalue weighted by molar-refractivity contribution is 0.0574. The van der Waals surface area contributed by atoms with Gasteiger partial charge in [0.1, 0.15) is 5.75 Å². The number of nitrogens with one attached hydrogen (secondary N) is 1. The first-order chi connectivity index (χ1) is 9.70. The number of hydrogen-bond acceptors (Lipinski definition) is 3. The van der Waals surface area contributed by atoms with Gasteiger partial charge in [-0.2, -0.15) is 0 Å². The summed E-state index contributed by atoms with van der Waals surface area (Å²) in [5.74, 6) is 1.55. The van der Waals surface area contributed by atoms with Gasteiger partial charge in [0.05, 0.1) is 7.11 Å². The Labute approximate surface area is 120 Å². The number of rotatable bonds is 2. The van der Waals surface area contributed by atoms with Crippen LogP contribution in [0.2, 0.25) is 0 Å². The summed E-state index contributed by atoms with van der Waals surface area (Å²) in [6.07, 6.45) is 2.34. The van der Waals surface area contributed by atoms with Crippen LogP contribution in [0.5, 0.6) is 5.75 Å². The van der Waals surface area contributed by atoms with Crippen LogP contribution in [0.4, 0.5) is 0 Å². The Bertz CT molecular complexity index is 515. The van der Waals surface area contributed by atoms with Crippen molar-refractivity contribution < 1.29 is 9.53 Å². The monoisotopic (exact) mass is 274 g/mol. The van der Waals surface area contributed by atoms with Gasteiger partial charge in [-0.15, -0.1) is 0 Å². The van der Waals surface area contributed by atoms with Crippen molar-refractivity contribution in [2.45, 2.75) is 25.8 Å². The summed E-state index contributed by atoms with van der Waals surface area (Å²) in [5.41, 5.74) is 1.79. The number of aryl methyl sites for hydroxylation is 1. The highest BCUT2D eigenvalue weighted by molar-refractivity contribution is 5.95. The third kappa shape index (κ3) is 2.29. The Morgan fingerprint density at radius 2 is 2.25 bits per heavy atom. The number of piperidine rings is 1. The first-order valence-corrected chi connectivity index (χ1v) is 7.37. The van der Waals surface area contributed by atoms with Gasteiger partial charge in [0.2, 0.25) is 0 Å². The smallest absolute Gasteiger partial charge is 0.254 e. The van der Waals surface area contributed by atoms with Crippen LogP contribution >= 0.6 is 0 Å².